The molecule has 31 heteroatoms. The Bertz CT molecular complexity index is 3820. The van der Waals surface area contributed by atoms with Gasteiger partial charge >= 0.3 is 5.97 Å². The number of nitrogens with zero attached hydrogens (tertiary/aromatic N) is 4. The molecule has 0 saturated carbocycles. The van der Waals surface area contributed by atoms with Crippen molar-refractivity contribution in [3.63, 3.8) is 0 Å². The number of primary amides is 1. The molecule has 9 atom stereocenters. The van der Waals surface area contributed by atoms with Gasteiger partial charge in [-0.1, -0.05) is 105 Å². The number of aliphatic imine (C=N–C) groups is 3. The van der Waals surface area contributed by atoms with Crippen molar-refractivity contribution >= 4 is 99.2 Å². The topological polar surface area (TPSA) is 509 Å². The summed E-state index contributed by atoms with van der Waals surface area (Å²) in [5.74, 6) is -14.0. The van der Waals surface area contributed by atoms with Crippen LogP contribution in [0, 0.1) is 23.1 Å². The maximum absolute atomic E-state index is 15.3. The summed E-state index contributed by atoms with van der Waals surface area (Å²) in [4.78, 5) is 189. The number of nitrogens with one attached hydrogen (secondary N) is 6. The molecule has 4 aromatic rings. The van der Waals surface area contributed by atoms with E-state index in [1.54, 1.807) is 12.1 Å². The van der Waals surface area contributed by atoms with Crippen LogP contribution in [0.4, 0.5) is 4.39 Å². The van der Waals surface area contributed by atoms with Gasteiger partial charge in [-0.05, 0) is 143 Å². The van der Waals surface area contributed by atoms with Gasteiger partial charge in [0.05, 0.1) is 23.4 Å². The lowest BCUT2D eigenvalue weighted by Gasteiger charge is -2.36. The lowest BCUT2D eigenvalue weighted by molar-refractivity contribution is -0.160. The maximum Gasteiger partial charge on any atom is 0.309 e. The number of fused-ring (bicyclic) bond motifs is 2. The van der Waals surface area contributed by atoms with Crippen molar-refractivity contribution in [2.24, 2.45) is 72.4 Å². The van der Waals surface area contributed by atoms with Crippen LogP contribution in [0.5, 0.6) is 0 Å². The zero-order valence-electron chi connectivity index (χ0n) is 61.3. The normalized spacial score (nSPS) is 22.4. The molecule has 107 heavy (non-hydrogen) atoms. The summed E-state index contributed by atoms with van der Waals surface area (Å²) in [6.45, 7) is 3.94. The highest BCUT2D eigenvalue weighted by Crippen LogP contribution is 2.27. The van der Waals surface area contributed by atoms with E-state index in [0.717, 1.165) is 33.4 Å². The first-order valence-electron chi connectivity index (χ1n) is 36.6. The lowest BCUT2D eigenvalue weighted by atomic mass is 9.87. The minimum absolute atomic E-state index is 0.00750. The molecule has 0 radical (unpaired) electrons. The average molecular weight is 1480 g/mol. The van der Waals surface area contributed by atoms with E-state index < -0.39 is 168 Å². The van der Waals surface area contributed by atoms with Gasteiger partial charge in [0.2, 0.25) is 47.1 Å². The van der Waals surface area contributed by atoms with Gasteiger partial charge in [0.25, 0.3) is 5.91 Å². The van der Waals surface area contributed by atoms with E-state index in [1.807, 2.05) is 67.6 Å². The van der Waals surface area contributed by atoms with E-state index in [9.17, 15) is 38.0 Å². The van der Waals surface area contributed by atoms with Gasteiger partial charge in [0.15, 0.2) is 29.4 Å². The number of guanidine groups is 3. The minimum Gasteiger partial charge on any atom is -0.464 e. The third kappa shape index (κ3) is 28.8. The summed E-state index contributed by atoms with van der Waals surface area (Å²) in [6.07, 6.45) is -0.344. The third-order valence-corrected chi connectivity index (χ3v) is 18.9. The number of carbonyl (C=O) groups is 12. The van der Waals surface area contributed by atoms with E-state index in [2.05, 4.69) is 46.9 Å². The van der Waals surface area contributed by atoms with Crippen LogP contribution >= 0.6 is 0 Å². The standard InChI is InChI=1S/C76H106FN17O13/c1-4-5-18-52-43-62(96)58(40-47-26-30-53(77)31-27-47)92-67(101)57(23-15-37-87-75(83)84)91-69(103)59(41-48-25-29-49-19-9-10-20-50(49)39-48)93-68(102)56(22-14-36-86-74(81)82)90-66(100)51(21-13-35-85-73(79)80)42-61(95)55(33-34-63(78)97)89-64(98)44-54(32-28-46-16-7-6-8-17-46)88-70(104)60-24-11-12-38-94(60)71(105)65(99)76(2,3)45-107-72(52)106/h6-10,16-17,19-20,25-27,29-31,39,51-52,54-60H,4-5,11-15,18,21-24,28,32-38,40-45H2,1-3H3,(H2,78,97)(H,88,104)(H,89,98)(H,90,100)(H,91,103)(H,92,101)(H,93,102)(H4,79,80,85)(H4,81,82,86)(H4,83,84,87)/t51-,52+,54-,55+,56+,57+,58+,59?,60?/m1/s1. The summed E-state index contributed by atoms with van der Waals surface area (Å²) in [6, 6.07) is 17.4. The Morgan fingerprint density at radius 2 is 1.06 bits per heavy atom. The van der Waals surface area contributed by atoms with Crippen LogP contribution in [0.15, 0.2) is 112 Å². The molecule has 0 aromatic heterocycles. The first kappa shape index (κ1) is 85.1. The van der Waals surface area contributed by atoms with Crippen LogP contribution < -0.4 is 72.0 Å². The van der Waals surface area contributed by atoms with Crippen LogP contribution in [0.25, 0.3) is 10.8 Å². The highest BCUT2D eigenvalue weighted by atomic mass is 19.1. The number of carbonyl (C=O) groups excluding carboxylic acids is 12. The van der Waals surface area contributed by atoms with E-state index >= 15 is 24.0 Å². The number of piperidine rings is 1. The van der Waals surface area contributed by atoms with E-state index in [0.29, 0.717) is 43.2 Å². The number of hydrogen-bond acceptors (Lipinski definition) is 16. The highest BCUT2D eigenvalue weighted by Gasteiger charge is 2.43. The molecule has 580 valence electrons. The second-order valence-corrected chi connectivity index (χ2v) is 28.1. The number of unbranched alkanes of at least 4 members (excludes halogenated alkanes) is 1. The summed E-state index contributed by atoms with van der Waals surface area (Å²) < 4.78 is 20.3. The Morgan fingerprint density at radius 1 is 0.523 bits per heavy atom. The average Bonchev–Trinajstić information content (AvgIpc) is 0.813. The fraction of sp³-hybridized carbons (Fsp3) is 0.513. The molecule has 0 bridgehead atoms. The zero-order valence-corrected chi connectivity index (χ0v) is 61.3. The van der Waals surface area contributed by atoms with Gasteiger partial charge in [0.1, 0.15) is 36.6 Å². The molecule has 2 fully saturated rings. The largest absolute Gasteiger partial charge is 0.464 e. The maximum atomic E-state index is 15.3. The number of benzene rings is 4. The summed E-state index contributed by atoms with van der Waals surface area (Å²) >= 11 is 0. The zero-order chi connectivity index (χ0) is 78.2. The second-order valence-electron chi connectivity index (χ2n) is 28.1. The lowest BCUT2D eigenvalue weighted by Crippen LogP contribution is -2.58. The quantitative estimate of drug-likeness (QED) is 0.0148. The molecule has 0 spiro atoms. The first-order valence-corrected chi connectivity index (χ1v) is 36.6. The highest BCUT2D eigenvalue weighted by molar-refractivity contribution is 6.38. The summed E-state index contributed by atoms with van der Waals surface area (Å²) in [7, 11) is 0. The van der Waals surface area contributed by atoms with Gasteiger partial charge in [-0.15, -0.1) is 0 Å². The van der Waals surface area contributed by atoms with Gasteiger partial charge in [0, 0.05) is 70.2 Å². The number of esters is 1. The Hall–Kier alpha value is -10.9. The number of halogens is 1. The molecule has 2 heterocycles. The fourth-order valence-corrected chi connectivity index (χ4v) is 12.8. The Labute approximate surface area is 622 Å². The molecule has 2 unspecified atom stereocenters. The molecule has 0 aliphatic carbocycles. The molecule has 6 rings (SSSR count). The molecular formula is C76H106FN17O13. The predicted octanol–water partition coefficient (Wildman–Crippen LogP) is 2.00. The van der Waals surface area contributed by atoms with Crippen molar-refractivity contribution in [2.45, 2.75) is 198 Å². The SMILES string of the molecule is CCCC[C@H]1CC(=O)[C@H](Cc2ccc(F)cc2)NC(=O)[C@H](CCCN=C(N)N)NC(=O)C(Cc2ccc3ccccc3c2)NC(=O)[C@H](CCCN=C(N)N)NC(=O)[C@H](CCCN=C(N)N)CC(=O)[C@H](CCC(N)=O)NC(=O)C[C@@H](CCc2ccccc2)NC(=O)C2CCCCN2C(=O)C(=O)C(C)(C)COC1=O. The molecule has 2 aliphatic heterocycles. The Kier molecular flexibility index (Phi) is 34.1. The van der Waals surface area contributed by atoms with Gasteiger partial charge < -0.3 is 81.7 Å². The number of aryl methyl sites for hydroxylation is 1. The number of hydrogen-bond donors (Lipinski definition) is 13. The van der Waals surface area contributed by atoms with Crippen LogP contribution in [0.1, 0.15) is 153 Å². The summed E-state index contributed by atoms with van der Waals surface area (Å²) in [5, 5.41) is 18.5. The van der Waals surface area contributed by atoms with Crippen LogP contribution in [-0.2, 0) is 81.5 Å². The predicted molar refractivity (Wildman–Crippen MR) is 402 cm³/mol. The van der Waals surface area contributed by atoms with Crippen LogP contribution in [0.2, 0.25) is 0 Å². The monoisotopic (exact) mass is 1480 g/mol. The van der Waals surface area contributed by atoms with Gasteiger partial charge in [-0.3, -0.25) is 72.5 Å². The van der Waals surface area contributed by atoms with Gasteiger partial charge in [-0.2, -0.15) is 0 Å². The van der Waals surface area contributed by atoms with Crippen molar-refractivity contribution in [1.82, 2.24) is 36.8 Å². The number of ether oxygens (including phenoxy) is 1. The molecule has 2 saturated heterocycles. The number of ketones is 3. The number of nitrogens with two attached hydrogens (primary N) is 7. The molecule has 4 aromatic carbocycles. The number of cyclic esters (lactones) is 1. The van der Waals surface area contributed by atoms with Crippen molar-refractivity contribution in [3.8, 4) is 0 Å². The van der Waals surface area contributed by atoms with Crippen LogP contribution in [0.3, 0.4) is 0 Å². The fourth-order valence-electron chi connectivity index (χ4n) is 12.8. The van der Waals surface area contributed by atoms with Crippen molar-refractivity contribution < 1.29 is 66.7 Å². The van der Waals surface area contributed by atoms with Crippen molar-refractivity contribution in [1.29, 1.82) is 0 Å². The van der Waals surface area contributed by atoms with E-state index in [4.69, 9.17) is 44.9 Å². The molecule has 30 nitrogen and oxygen atoms in total. The molecule has 20 N–H and O–H groups in total. The van der Waals surface area contributed by atoms with Crippen molar-refractivity contribution in [2.75, 3.05) is 32.8 Å². The number of Topliss-reactive ketones (excluding diaryl/α,β-unsaturated/α-hetero) is 3. The summed E-state index contributed by atoms with van der Waals surface area (Å²) in [5.41, 5.74) is 39.8. The Morgan fingerprint density at radius 3 is 1.67 bits per heavy atom. The molecular weight excluding hydrogens is 1380 g/mol. The first-order chi connectivity index (χ1) is 51.0. The van der Waals surface area contributed by atoms with Crippen molar-refractivity contribution in [3.05, 3.63) is 120 Å². The Balaban J connectivity index is 1.49. The van der Waals surface area contributed by atoms with E-state index in [1.165, 1.54) is 26.0 Å². The minimum atomic E-state index is -1.70. The smallest absolute Gasteiger partial charge is 0.309 e. The van der Waals surface area contributed by atoms with Crippen LogP contribution in [-0.4, -0.2) is 168 Å². The third-order valence-electron chi connectivity index (χ3n) is 18.9. The number of rotatable bonds is 25. The molecule has 2 aliphatic rings. The van der Waals surface area contributed by atoms with Gasteiger partial charge in [-0.25, -0.2) is 4.39 Å². The molecule has 8 amide bonds. The second kappa shape index (κ2) is 42.9. The number of amides is 8. The van der Waals surface area contributed by atoms with E-state index in [-0.39, 0.29) is 121 Å².